The first-order chi connectivity index (χ1) is 6.11. The summed E-state index contributed by atoms with van der Waals surface area (Å²) in [6.45, 7) is 0. The van der Waals surface area contributed by atoms with E-state index < -0.39 is 5.97 Å². The summed E-state index contributed by atoms with van der Waals surface area (Å²) < 4.78 is 0. The van der Waals surface area contributed by atoms with E-state index in [4.69, 9.17) is 5.11 Å². The van der Waals surface area contributed by atoms with Crippen molar-refractivity contribution >= 4 is 24.1 Å². The second kappa shape index (κ2) is 5.50. The lowest BCUT2D eigenvalue weighted by Crippen LogP contribution is -2.12. The number of benzene rings is 1. The van der Waals surface area contributed by atoms with Gasteiger partial charge in [-0.25, -0.2) is 0 Å². The molecule has 0 fully saturated rings. The van der Waals surface area contributed by atoms with Gasteiger partial charge in [0.1, 0.15) is 0 Å². The molecule has 0 aliphatic heterocycles. The van der Waals surface area contributed by atoms with E-state index in [0.717, 1.165) is 11.3 Å². The summed E-state index contributed by atoms with van der Waals surface area (Å²) in [5.41, 5.74) is 1.81. The van der Waals surface area contributed by atoms with Crippen LogP contribution in [0.15, 0.2) is 24.3 Å². The van der Waals surface area contributed by atoms with E-state index >= 15 is 0 Å². The quantitative estimate of drug-likeness (QED) is 0.836. The molecule has 0 amide bonds. The largest absolute Gasteiger partial charge is 0.481 e. The van der Waals surface area contributed by atoms with Gasteiger partial charge in [-0.3, -0.25) is 4.79 Å². The first kappa shape index (κ1) is 12.8. The van der Waals surface area contributed by atoms with Gasteiger partial charge < -0.3 is 10.0 Å². The first-order valence-corrected chi connectivity index (χ1v) is 4.08. The van der Waals surface area contributed by atoms with Crippen LogP contribution in [0.25, 0.3) is 0 Å². The number of nitrogens with zero attached hydrogens (tertiary/aromatic N) is 1. The minimum atomic E-state index is -0.797. The van der Waals surface area contributed by atoms with Gasteiger partial charge in [0.2, 0.25) is 0 Å². The number of aliphatic carboxylic acids is 1. The predicted molar refractivity (Wildman–Crippen MR) is 59.4 cm³/mol. The van der Waals surface area contributed by atoms with E-state index in [1.165, 1.54) is 0 Å². The van der Waals surface area contributed by atoms with Crippen LogP contribution in [0.3, 0.4) is 0 Å². The summed E-state index contributed by atoms with van der Waals surface area (Å²) in [6, 6.07) is 7.51. The lowest BCUT2D eigenvalue weighted by molar-refractivity contribution is -0.136. The second-order valence-corrected chi connectivity index (χ2v) is 3.09. The number of carbonyl (C=O) groups is 1. The summed E-state index contributed by atoms with van der Waals surface area (Å²) in [5, 5.41) is 8.65. The summed E-state index contributed by atoms with van der Waals surface area (Å²) in [4.78, 5) is 12.4. The Morgan fingerprint density at radius 2 is 1.93 bits per heavy atom. The SMILES string of the molecule is CN(C)c1ccccc1CC(=O)O.Cl. The highest BCUT2D eigenvalue weighted by Gasteiger charge is 2.06. The maximum absolute atomic E-state index is 10.5. The molecule has 1 aromatic carbocycles. The average Bonchev–Trinajstić information content (AvgIpc) is 2.03. The number of anilines is 1. The van der Waals surface area contributed by atoms with Crippen LogP contribution >= 0.6 is 12.4 Å². The zero-order chi connectivity index (χ0) is 9.84. The van der Waals surface area contributed by atoms with Crippen molar-refractivity contribution in [2.75, 3.05) is 19.0 Å². The van der Waals surface area contributed by atoms with Gasteiger partial charge in [0, 0.05) is 19.8 Å². The molecule has 4 heteroatoms. The third-order valence-electron chi connectivity index (χ3n) is 1.82. The molecular formula is C10H14ClNO2. The highest BCUT2D eigenvalue weighted by atomic mass is 35.5. The molecule has 78 valence electrons. The molecule has 0 bridgehead atoms. The van der Waals surface area contributed by atoms with Crippen molar-refractivity contribution in [1.29, 1.82) is 0 Å². The van der Waals surface area contributed by atoms with Gasteiger partial charge in [0.25, 0.3) is 0 Å². The molecular weight excluding hydrogens is 202 g/mol. The number of halogens is 1. The van der Waals surface area contributed by atoms with E-state index in [0.29, 0.717) is 0 Å². The Kier molecular flexibility index (Phi) is 5.02. The second-order valence-electron chi connectivity index (χ2n) is 3.09. The van der Waals surface area contributed by atoms with Crippen molar-refractivity contribution < 1.29 is 9.90 Å². The Labute approximate surface area is 89.8 Å². The van der Waals surface area contributed by atoms with Gasteiger partial charge in [-0.05, 0) is 11.6 Å². The van der Waals surface area contributed by atoms with E-state index in [1.807, 2.05) is 43.3 Å². The predicted octanol–water partition coefficient (Wildman–Crippen LogP) is 1.80. The maximum atomic E-state index is 10.5. The van der Waals surface area contributed by atoms with Crippen molar-refractivity contribution in [3.63, 3.8) is 0 Å². The third kappa shape index (κ3) is 3.26. The molecule has 0 radical (unpaired) electrons. The molecule has 0 atom stereocenters. The highest BCUT2D eigenvalue weighted by molar-refractivity contribution is 5.85. The molecule has 0 aromatic heterocycles. The maximum Gasteiger partial charge on any atom is 0.307 e. The lowest BCUT2D eigenvalue weighted by atomic mass is 10.1. The van der Waals surface area contributed by atoms with Crippen molar-refractivity contribution in [3.05, 3.63) is 29.8 Å². The highest BCUT2D eigenvalue weighted by Crippen LogP contribution is 2.17. The summed E-state index contributed by atoms with van der Waals surface area (Å²) in [7, 11) is 3.81. The van der Waals surface area contributed by atoms with Crippen molar-refractivity contribution in [2.24, 2.45) is 0 Å². The fourth-order valence-corrected chi connectivity index (χ4v) is 1.26. The molecule has 0 unspecified atom stereocenters. The van der Waals surface area contributed by atoms with Crippen LogP contribution in [-0.2, 0) is 11.2 Å². The molecule has 0 heterocycles. The van der Waals surface area contributed by atoms with Crippen molar-refractivity contribution in [2.45, 2.75) is 6.42 Å². The molecule has 14 heavy (non-hydrogen) atoms. The zero-order valence-electron chi connectivity index (χ0n) is 8.23. The van der Waals surface area contributed by atoms with Gasteiger partial charge in [-0.1, -0.05) is 18.2 Å². The van der Waals surface area contributed by atoms with E-state index in [9.17, 15) is 4.79 Å². The molecule has 0 spiro atoms. The van der Waals surface area contributed by atoms with Crippen LogP contribution in [0.5, 0.6) is 0 Å². The topological polar surface area (TPSA) is 40.5 Å². The number of carboxylic acids is 1. The van der Waals surface area contributed by atoms with E-state index in [-0.39, 0.29) is 18.8 Å². The van der Waals surface area contributed by atoms with Gasteiger partial charge >= 0.3 is 5.97 Å². The molecule has 0 aliphatic carbocycles. The number of carboxylic acid groups (broad SMARTS) is 1. The lowest BCUT2D eigenvalue weighted by Gasteiger charge is -2.15. The summed E-state index contributed by atoms with van der Waals surface area (Å²) >= 11 is 0. The van der Waals surface area contributed by atoms with Crippen LogP contribution in [0.4, 0.5) is 5.69 Å². The Morgan fingerprint density at radius 3 is 2.43 bits per heavy atom. The standard InChI is InChI=1S/C10H13NO2.ClH/c1-11(2)9-6-4-3-5-8(9)7-10(12)13;/h3-6H,7H2,1-2H3,(H,12,13);1H. The Morgan fingerprint density at radius 1 is 1.36 bits per heavy atom. The van der Waals surface area contributed by atoms with E-state index in [1.54, 1.807) is 0 Å². The monoisotopic (exact) mass is 215 g/mol. The average molecular weight is 216 g/mol. The van der Waals surface area contributed by atoms with Crippen LogP contribution in [0, 0.1) is 0 Å². The molecule has 0 aliphatic rings. The molecule has 3 nitrogen and oxygen atoms in total. The Bertz CT molecular complexity index is 313. The fraction of sp³-hybridized carbons (Fsp3) is 0.300. The van der Waals surface area contributed by atoms with Crippen molar-refractivity contribution in [3.8, 4) is 0 Å². The van der Waals surface area contributed by atoms with Gasteiger partial charge in [-0.15, -0.1) is 12.4 Å². The van der Waals surface area contributed by atoms with Gasteiger partial charge in [0.15, 0.2) is 0 Å². The van der Waals surface area contributed by atoms with Crippen LogP contribution in [-0.4, -0.2) is 25.2 Å². The van der Waals surface area contributed by atoms with Gasteiger partial charge in [-0.2, -0.15) is 0 Å². The van der Waals surface area contributed by atoms with Crippen LogP contribution in [0.1, 0.15) is 5.56 Å². The Balaban J connectivity index is 0.00000169. The molecule has 1 aromatic rings. The van der Waals surface area contributed by atoms with Crippen molar-refractivity contribution in [1.82, 2.24) is 0 Å². The molecule has 1 rings (SSSR count). The minimum Gasteiger partial charge on any atom is -0.481 e. The van der Waals surface area contributed by atoms with Crippen LogP contribution in [0.2, 0.25) is 0 Å². The molecule has 0 saturated heterocycles. The number of para-hydroxylation sites is 1. The summed E-state index contributed by atoms with van der Waals surface area (Å²) in [6.07, 6.45) is 0.0777. The van der Waals surface area contributed by atoms with E-state index in [2.05, 4.69) is 0 Å². The zero-order valence-corrected chi connectivity index (χ0v) is 9.04. The van der Waals surface area contributed by atoms with Gasteiger partial charge in [0.05, 0.1) is 6.42 Å². The first-order valence-electron chi connectivity index (χ1n) is 4.08. The fourth-order valence-electron chi connectivity index (χ4n) is 1.26. The number of hydrogen-bond acceptors (Lipinski definition) is 2. The number of hydrogen-bond donors (Lipinski definition) is 1. The van der Waals surface area contributed by atoms with Crippen LogP contribution < -0.4 is 4.90 Å². The smallest absolute Gasteiger partial charge is 0.307 e. The number of rotatable bonds is 3. The molecule has 0 saturated carbocycles. The Hall–Kier alpha value is -1.22. The molecule has 1 N–H and O–H groups in total. The third-order valence-corrected chi connectivity index (χ3v) is 1.82. The minimum absolute atomic E-state index is 0. The summed E-state index contributed by atoms with van der Waals surface area (Å²) in [5.74, 6) is -0.797. The normalized spacial score (nSPS) is 9.00.